The first-order chi connectivity index (χ1) is 14.1. The minimum absolute atomic E-state index is 0.0129. The van der Waals surface area contributed by atoms with Crippen molar-refractivity contribution in [3.8, 4) is 0 Å². The van der Waals surface area contributed by atoms with Crippen molar-refractivity contribution in [2.24, 2.45) is 5.92 Å². The van der Waals surface area contributed by atoms with Crippen LogP contribution in [-0.4, -0.2) is 23.7 Å². The summed E-state index contributed by atoms with van der Waals surface area (Å²) in [5.41, 5.74) is 2.65. The third-order valence-corrected chi connectivity index (χ3v) is 5.33. The number of aliphatic hydroxyl groups excluding tert-OH is 1. The molecule has 0 radical (unpaired) electrons. The SMILES string of the molecule is CCC(O)CNC(=O)Cc1cc2c(oc1=O)C=CC1C(c3ccccc3)=COC21. The lowest BCUT2D eigenvalue weighted by Gasteiger charge is -2.24. The molecule has 29 heavy (non-hydrogen) atoms. The highest BCUT2D eigenvalue weighted by molar-refractivity contribution is 5.79. The van der Waals surface area contributed by atoms with E-state index in [0.29, 0.717) is 12.2 Å². The molecule has 0 fully saturated rings. The fraction of sp³-hybridized carbons (Fsp3) is 0.304. The number of rotatable bonds is 6. The third-order valence-electron chi connectivity index (χ3n) is 5.33. The van der Waals surface area contributed by atoms with Crippen LogP contribution in [0.25, 0.3) is 11.6 Å². The van der Waals surface area contributed by atoms with E-state index in [4.69, 9.17) is 9.15 Å². The summed E-state index contributed by atoms with van der Waals surface area (Å²) in [5, 5.41) is 12.2. The van der Waals surface area contributed by atoms with Gasteiger partial charge in [-0.05, 0) is 24.1 Å². The molecule has 0 saturated heterocycles. The smallest absolute Gasteiger partial charge is 0.339 e. The molecule has 2 heterocycles. The van der Waals surface area contributed by atoms with Crippen LogP contribution >= 0.6 is 0 Å². The highest BCUT2D eigenvalue weighted by Gasteiger charge is 2.37. The van der Waals surface area contributed by atoms with Crippen LogP contribution in [0.15, 0.2) is 57.9 Å². The first-order valence-corrected chi connectivity index (χ1v) is 9.77. The standard InChI is InChI=1S/C23H23NO5/c1-2-16(25)12-24-21(26)11-15-10-18-20(29-23(15)27)9-8-17-19(13-28-22(17)18)14-6-4-3-5-7-14/h3-10,13,16-17,22,25H,2,11-12H2,1H3,(H,24,26). The van der Waals surface area contributed by atoms with Gasteiger partial charge in [0, 0.05) is 29.2 Å². The molecule has 3 atom stereocenters. The molecule has 1 aromatic heterocycles. The molecular weight excluding hydrogens is 370 g/mol. The Kier molecular flexibility index (Phi) is 5.36. The molecule has 2 N–H and O–H groups in total. The molecule has 1 aromatic carbocycles. The van der Waals surface area contributed by atoms with E-state index in [1.165, 1.54) is 0 Å². The number of carbonyl (C=O) groups excluding carboxylic acids is 1. The summed E-state index contributed by atoms with van der Waals surface area (Å²) in [6.45, 7) is 1.99. The predicted molar refractivity (Wildman–Crippen MR) is 109 cm³/mol. The average Bonchev–Trinajstić information content (AvgIpc) is 3.17. The summed E-state index contributed by atoms with van der Waals surface area (Å²) in [7, 11) is 0. The van der Waals surface area contributed by atoms with E-state index in [-0.39, 0.29) is 36.5 Å². The van der Waals surface area contributed by atoms with Crippen molar-refractivity contribution in [2.75, 3.05) is 6.54 Å². The number of amides is 1. The number of carbonyl (C=O) groups is 1. The van der Waals surface area contributed by atoms with Crippen molar-refractivity contribution in [1.82, 2.24) is 5.32 Å². The van der Waals surface area contributed by atoms with E-state index in [0.717, 1.165) is 16.7 Å². The maximum absolute atomic E-state index is 12.3. The lowest BCUT2D eigenvalue weighted by Crippen LogP contribution is -2.33. The van der Waals surface area contributed by atoms with E-state index in [1.807, 2.05) is 43.3 Å². The van der Waals surface area contributed by atoms with E-state index in [9.17, 15) is 14.7 Å². The third kappa shape index (κ3) is 3.89. The lowest BCUT2D eigenvalue weighted by atomic mass is 9.83. The molecule has 0 bridgehead atoms. The van der Waals surface area contributed by atoms with Crippen molar-refractivity contribution >= 4 is 17.6 Å². The summed E-state index contributed by atoms with van der Waals surface area (Å²) in [6, 6.07) is 11.7. The predicted octanol–water partition coefficient (Wildman–Crippen LogP) is 2.82. The Balaban J connectivity index is 1.55. The van der Waals surface area contributed by atoms with Crippen LogP contribution in [0.5, 0.6) is 0 Å². The van der Waals surface area contributed by atoms with Gasteiger partial charge in [0.1, 0.15) is 11.9 Å². The number of hydrogen-bond acceptors (Lipinski definition) is 5. The van der Waals surface area contributed by atoms with Gasteiger partial charge in [0.15, 0.2) is 0 Å². The second-order valence-electron chi connectivity index (χ2n) is 7.30. The zero-order valence-corrected chi connectivity index (χ0v) is 16.1. The molecule has 0 spiro atoms. The van der Waals surface area contributed by atoms with Crippen LogP contribution in [0.4, 0.5) is 0 Å². The van der Waals surface area contributed by atoms with Crippen LogP contribution in [-0.2, 0) is 16.0 Å². The molecule has 2 aromatic rings. The molecule has 3 unspecified atom stereocenters. The summed E-state index contributed by atoms with van der Waals surface area (Å²) >= 11 is 0. The Morgan fingerprint density at radius 3 is 2.83 bits per heavy atom. The molecule has 4 rings (SSSR count). The fourth-order valence-corrected chi connectivity index (χ4v) is 3.66. The normalized spacial score (nSPS) is 20.3. The Bertz CT molecular complexity index is 1020. The number of ether oxygens (including phenoxy) is 1. The quantitative estimate of drug-likeness (QED) is 0.788. The van der Waals surface area contributed by atoms with Gasteiger partial charge in [-0.15, -0.1) is 0 Å². The number of fused-ring (bicyclic) bond motifs is 3. The topological polar surface area (TPSA) is 88.8 Å². The second kappa shape index (κ2) is 8.09. The van der Waals surface area contributed by atoms with Gasteiger partial charge in [0.25, 0.3) is 0 Å². The van der Waals surface area contributed by atoms with Crippen LogP contribution in [0.1, 0.15) is 41.9 Å². The Hall–Kier alpha value is -3.12. The van der Waals surface area contributed by atoms with Gasteiger partial charge in [-0.3, -0.25) is 4.79 Å². The summed E-state index contributed by atoms with van der Waals surface area (Å²) in [5.74, 6) is 0.145. The second-order valence-corrected chi connectivity index (χ2v) is 7.30. The van der Waals surface area contributed by atoms with Gasteiger partial charge in [0.05, 0.1) is 18.8 Å². The molecule has 6 nitrogen and oxygen atoms in total. The largest absolute Gasteiger partial charge is 0.492 e. The van der Waals surface area contributed by atoms with Crippen LogP contribution in [0.3, 0.4) is 0 Å². The number of benzene rings is 1. The Labute approximate surface area is 168 Å². The first-order valence-electron chi connectivity index (χ1n) is 9.77. The van der Waals surface area contributed by atoms with Gasteiger partial charge in [-0.25, -0.2) is 4.79 Å². The molecule has 0 saturated carbocycles. The van der Waals surface area contributed by atoms with E-state index in [1.54, 1.807) is 18.4 Å². The van der Waals surface area contributed by atoms with Gasteiger partial charge >= 0.3 is 5.63 Å². The first kappa shape index (κ1) is 19.2. The molecule has 1 amide bonds. The van der Waals surface area contributed by atoms with Crippen LogP contribution < -0.4 is 10.9 Å². The summed E-state index contributed by atoms with van der Waals surface area (Å²) in [4.78, 5) is 24.5. The molecule has 2 aliphatic rings. The van der Waals surface area contributed by atoms with Gasteiger partial charge in [-0.2, -0.15) is 0 Å². The number of aliphatic hydroxyl groups is 1. The zero-order valence-electron chi connectivity index (χ0n) is 16.1. The van der Waals surface area contributed by atoms with E-state index < -0.39 is 11.7 Å². The van der Waals surface area contributed by atoms with Crippen molar-refractivity contribution in [3.05, 3.63) is 81.6 Å². The van der Waals surface area contributed by atoms with Crippen molar-refractivity contribution in [1.29, 1.82) is 0 Å². The Morgan fingerprint density at radius 2 is 2.07 bits per heavy atom. The number of nitrogens with one attached hydrogen (secondary N) is 1. The molecule has 1 aliphatic heterocycles. The average molecular weight is 393 g/mol. The van der Waals surface area contributed by atoms with Gasteiger partial charge in [0.2, 0.25) is 5.91 Å². The highest BCUT2D eigenvalue weighted by Crippen LogP contribution is 2.46. The fourth-order valence-electron chi connectivity index (χ4n) is 3.66. The van der Waals surface area contributed by atoms with E-state index >= 15 is 0 Å². The monoisotopic (exact) mass is 393 g/mol. The van der Waals surface area contributed by atoms with Crippen LogP contribution in [0, 0.1) is 5.92 Å². The van der Waals surface area contributed by atoms with Crippen molar-refractivity contribution in [3.63, 3.8) is 0 Å². The lowest BCUT2D eigenvalue weighted by molar-refractivity contribution is -0.120. The molecule has 6 heteroatoms. The van der Waals surface area contributed by atoms with Gasteiger partial charge in [-0.1, -0.05) is 43.3 Å². The number of hydrogen-bond donors (Lipinski definition) is 2. The summed E-state index contributed by atoms with van der Waals surface area (Å²) in [6.07, 6.45) is 5.09. The molecular formula is C23H23NO5. The minimum Gasteiger partial charge on any atom is -0.492 e. The maximum Gasteiger partial charge on any atom is 0.339 e. The minimum atomic E-state index is -0.598. The highest BCUT2D eigenvalue weighted by atomic mass is 16.5. The van der Waals surface area contributed by atoms with Crippen molar-refractivity contribution in [2.45, 2.75) is 32.0 Å². The Morgan fingerprint density at radius 1 is 1.28 bits per heavy atom. The van der Waals surface area contributed by atoms with Crippen molar-refractivity contribution < 1.29 is 19.1 Å². The molecule has 150 valence electrons. The zero-order chi connectivity index (χ0) is 20.4. The van der Waals surface area contributed by atoms with Gasteiger partial charge < -0.3 is 19.6 Å². The van der Waals surface area contributed by atoms with E-state index in [2.05, 4.69) is 5.32 Å². The van der Waals surface area contributed by atoms with Crippen LogP contribution in [0.2, 0.25) is 0 Å². The maximum atomic E-state index is 12.3. The molecule has 1 aliphatic carbocycles. The summed E-state index contributed by atoms with van der Waals surface area (Å²) < 4.78 is 11.4.